The first-order valence-corrected chi connectivity index (χ1v) is 6.71. The number of alkyl halides is 2. The van der Waals surface area contributed by atoms with Gasteiger partial charge in [-0.25, -0.2) is 9.18 Å². The highest BCUT2D eigenvalue weighted by molar-refractivity contribution is 6.13. The smallest absolute Gasteiger partial charge is 0.407 e. The van der Waals surface area contributed by atoms with Crippen molar-refractivity contribution >= 4 is 22.7 Å². The van der Waals surface area contributed by atoms with Crippen molar-refractivity contribution in [1.82, 2.24) is 4.98 Å². The van der Waals surface area contributed by atoms with E-state index in [1.807, 2.05) is 0 Å². The number of furan rings is 1. The van der Waals surface area contributed by atoms with E-state index in [1.54, 1.807) is 6.07 Å². The Kier molecular flexibility index (Phi) is 3.67. The van der Waals surface area contributed by atoms with Gasteiger partial charge in [-0.3, -0.25) is 4.79 Å². The molecule has 0 aliphatic heterocycles. The first-order chi connectivity index (χ1) is 11.4. The normalized spacial score (nSPS) is 11.7. The van der Waals surface area contributed by atoms with E-state index >= 15 is 0 Å². The molecule has 0 spiro atoms. The van der Waals surface area contributed by atoms with Gasteiger partial charge in [0.15, 0.2) is 5.76 Å². The van der Waals surface area contributed by atoms with Gasteiger partial charge >= 0.3 is 11.9 Å². The molecule has 0 bridgehead atoms. The molecular weight excluding hydrogens is 327 g/mol. The van der Waals surface area contributed by atoms with Crippen LogP contribution in [0.4, 0.5) is 13.2 Å². The molecule has 124 valence electrons. The number of H-pyrrole nitrogens is 1. The number of esters is 1. The zero-order chi connectivity index (χ0) is 17.5. The maximum Gasteiger partial charge on any atom is 0.407 e. The average molecular weight is 337 g/mol. The zero-order valence-electron chi connectivity index (χ0n) is 12.2. The van der Waals surface area contributed by atoms with Crippen LogP contribution in [0, 0.1) is 5.82 Å². The maximum atomic E-state index is 13.7. The van der Waals surface area contributed by atoms with E-state index in [1.165, 1.54) is 18.3 Å². The van der Waals surface area contributed by atoms with Crippen molar-refractivity contribution in [3.8, 4) is 11.1 Å². The molecule has 0 radical (unpaired) electrons. The molecule has 5 nitrogen and oxygen atoms in total. The zero-order valence-corrected chi connectivity index (χ0v) is 12.2. The second kappa shape index (κ2) is 5.55. The molecule has 0 saturated heterocycles. The van der Waals surface area contributed by atoms with E-state index in [2.05, 4.69) is 9.72 Å². The molecule has 1 N–H and O–H groups in total. The number of aromatic nitrogens is 1. The summed E-state index contributed by atoms with van der Waals surface area (Å²) in [5, 5.41) is 0.495. The Balaban J connectivity index is 2.00. The molecule has 0 saturated carbocycles. The third-order valence-electron chi connectivity index (χ3n) is 3.53. The van der Waals surface area contributed by atoms with Crippen molar-refractivity contribution in [2.24, 2.45) is 0 Å². The van der Waals surface area contributed by atoms with Crippen LogP contribution in [0.1, 0.15) is 10.6 Å². The quantitative estimate of drug-likeness (QED) is 0.449. The molecule has 24 heavy (non-hydrogen) atoms. The number of benzene rings is 1. The Hall–Kier alpha value is -3.03. The molecule has 0 unspecified atom stereocenters. The number of carbonyl (C=O) groups excluding carboxylic acids is 2. The minimum Gasteiger partial charge on any atom is -0.464 e. The number of para-hydroxylation sites is 1. The number of methoxy groups -OCH3 is 1. The van der Waals surface area contributed by atoms with Crippen molar-refractivity contribution < 1.29 is 31.9 Å². The van der Waals surface area contributed by atoms with Crippen LogP contribution in [0.25, 0.3) is 22.0 Å². The number of hydrogen-bond donors (Lipinski definition) is 1. The van der Waals surface area contributed by atoms with Crippen LogP contribution in [0.15, 0.2) is 41.1 Å². The summed E-state index contributed by atoms with van der Waals surface area (Å²) in [6.07, 6.45) is 2.54. The molecule has 3 aromatic rings. The van der Waals surface area contributed by atoms with Crippen LogP contribution < -0.4 is 0 Å². The van der Waals surface area contributed by atoms with Gasteiger partial charge in [-0.1, -0.05) is 12.1 Å². The second-order valence-corrected chi connectivity index (χ2v) is 4.96. The lowest BCUT2D eigenvalue weighted by molar-refractivity contribution is -0.161. The van der Waals surface area contributed by atoms with Gasteiger partial charge in [-0.2, -0.15) is 8.78 Å². The van der Waals surface area contributed by atoms with Crippen LogP contribution >= 0.6 is 0 Å². The van der Waals surface area contributed by atoms with Crippen LogP contribution in [0.5, 0.6) is 0 Å². The summed E-state index contributed by atoms with van der Waals surface area (Å²) < 4.78 is 49.7. The summed E-state index contributed by atoms with van der Waals surface area (Å²) in [5.41, 5.74) is 0.992. The van der Waals surface area contributed by atoms with E-state index < -0.39 is 29.3 Å². The number of Topliss-reactive ketones (excluding diaryl/α,β-unsaturated/α-hetero) is 1. The van der Waals surface area contributed by atoms with Crippen molar-refractivity contribution in [3.05, 3.63) is 48.3 Å². The Morgan fingerprint density at radius 1 is 1.29 bits per heavy atom. The van der Waals surface area contributed by atoms with Crippen molar-refractivity contribution in [3.63, 3.8) is 0 Å². The van der Waals surface area contributed by atoms with Crippen LogP contribution in [0.2, 0.25) is 0 Å². The van der Waals surface area contributed by atoms with E-state index in [9.17, 15) is 22.8 Å². The predicted octanol–water partition coefficient (Wildman–Crippen LogP) is 3.56. The Morgan fingerprint density at radius 3 is 2.75 bits per heavy atom. The van der Waals surface area contributed by atoms with Gasteiger partial charge in [0.05, 0.1) is 18.9 Å². The van der Waals surface area contributed by atoms with Gasteiger partial charge in [0.2, 0.25) is 0 Å². The SMILES string of the molecule is COC(=O)C(F)(F)C(=O)c1cc(-c2c[nH]c3c(F)cccc23)co1. The fourth-order valence-corrected chi connectivity index (χ4v) is 2.33. The minimum atomic E-state index is -4.35. The van der Waals surface area contributed by atoms with Gasteiger partial charge in [0, 0.05) is 22.7 Å². The Labute approximate surface area is 133 Å². The number of aromatic amines is 1. The first kappa shape index (κ1) is 15.9. The molecular formula is C16H10F3NO4. The van der Waals surface area contributed by atoms with Gasteiger partial charge in [0.1, 0.15) is 5.82 Å². The summed E-state index contributed by atoms with van der Waals surface area (Å²) in [4.78, 5) is 25.5. The number of ether oxygens (including phenoxy) is 1. The Bertz CT molecular complexity index is 942. The standard InChI is InChI=1S/C16H10F3NO4/c1-23-15(22)16(18,19)14(21)12-5-8(7-24-12)10-6-20-13-9(10)3-2-4-11(13)17/h2-7,20H,1H3. The van der Waals surface area contributed by atoms with Gasteiger partial charge < -0.3 is 14.1 Å². The van der Waals surface area contributed by atoms with E-state index in [4.69, 9.17) is 4.42 Å². The lowest BCUT2D eigenvalue weighted by atomic mass is 10.1. The summed E-state index contributed by atoms with van der Waals surface area (Å²) in [6.45, 7) is 0. The van der Waals surface area contributed by atoms with Crippen molar-refractivity contribution in [1.29, 1.82) is 0 Å². The molecule has 0 amide bonds. The molecule has 0 fully saturated rings. The second-order valence-electron chi connectivity index (χ2n) is 4.96. The third kappa shape index (κ3) is 2.36. The molecule has 0 atom stereocenters. The lowest BCUT2D eigenvalue weighted by Gasteiger charge is -2.09. The van der Waals surface area contributed by atoms with Gasteiger partial charge in [-0.15, -0.1) is 0 Å². The monoisotopic (exact) mass is 337 g/mol. The van der Waals surface area contributed by atoms with Gasteiger partial charge in [-0.05, 0) is 12.1 Å². The number of ketones is 1. The molecule has 1 aromatic carbocycles. The van der Waals surface area contributed by atoms with E-state index in [0.717, 1.165) is 19.4 Å². The Morgan fingerprint density at radius 2 is 2.04 bits per heavy atom. The highest BCUT2D eigenvalue weighted by Gasteiger charge is 2.50. The van der Waals surface area contributed by atoms with Crippen molar-refractivity contribution in [2.45, 2.75) is 5.92 Å². The maximum absolute atomic E-state index is 13.7. The average Bonchev–Trinajstić information content (AvgIpc) is 3.20. The number of hydrogen-bond acceptors (Lipinski definition) is 4. The fourth-order valence-electron chi connectivity index (χ4n) is 2.33. The molecule has 3 rings (SSSR count). The van der Waals surface area contributed by atoms with Crippen LogP contribution in [-0.2, 0) is 9.53 Å². The highest BCUT2D eigenvalue weighted by Crippen LogP contribution is 2.32. The molecule has 0 aliphatic rings. The van der Waals surface area contributed by atoms with Crippen molar-refractivity contribution in [2.75, 3.05) is 7.11 Å². The van der Waals surface area contributed by atoms with E-state index in [-0.39, 0.29) is 11.1 Å². The third-order valence-corrected chi connectivity index (χ3v) is 3.53. The topological polar surface area (TPSA) is 72.3 Å². The molecule has 2 aromatic heterocycles. The number of halogens is 3. The number of rotatable bonds is 4. The van der Waals surface area contributed by atoms with E-state index in [0.29, 0.717) is 10.9 Å². The van der Waals surface area contributed by atoms with Crippen LogP contribution in [-0.4, -0.2) is 29.8 Å². The molecule has 8 heteroatoms. The van der Waals surface area contributed by atoms with Gasteiger partial charge in [0.25, 0.3) is 5.78 Å². The highest BCUT2D eigenvalue weighted by atomic mass is 19.3. The number of nitrogens with one attached hydrogen (secondary N) is 1. The molecule has 2 heterocycles. The number of fused-ring (bicyclic) bond motifs is 1. The summed E-state index contributed by atoms with van der Waals surface area (Å²) in [7, 11) is 0.748. The predicted molar refractivity (Wildman–Crippen MR) is 77.3 cm³/mol. The lowest BCUT2D eigenvalue weighted by Crippen LogP contribution is -2.38. The van der Waals surface area contributed by atoms with Crippen LogP contribution in [0.3, 0.4) is 0 Å². The fraction of sp³-hybridized carbons (Fsp3) is 0.125. The summed E-state index contributed by atoms with van der Waals surface area (Å²) in [6, 6.07) is 5.45. The first-order valence-electron chi connectivity index (χ1n) is 6.71. The minimum absolute atomic E-state index is 0.237. The number of carbonyl (C=O) groups is 2. The summed E-state index contributed by atoms with van der Waals surface area (Å²) >= 11 is 0. The summed E-state index contributed by atoms with van der Waals surface area (Å²) in [5.74, 6) is -9.32. The molecule has 0 aliphatic carbocycles. The largest absolute Gasteiger partial charge is 0.464 e.